The first-order valence-corrected chi connectivity index (χ1v) is 9.34. The molecular formula is C17H17ClN2O4S. The third-order valence-electron chi connectivity index (χ3n) is 4.50. The Balaban J connectivity index is 1.78. The van der Waals surface area contributed by atoms with E-state index >= 15 is 0 Å². The molecule has 0 bridgehead atoms. The molecule has 2 fully saturated rings. The second-order valence-electron chi connectivity index (χ2n) is 6.26. The molecule has 1 heterocycles. The number of hydrogen-bond donors (Lipinski definition) is 0. The number of nitro groups is 1. The van der Waals surface area contributed by atoms with E-state index in [4.69, 9.17) is 11.6 Å². The number of nitro benzene ring substituents is 1. The second kappa shape index (κ2) is 7.58. The lowest BCUT2D eigenvalue weighted by Gasteiger charge is -2.25. The quantitative estimate of drug-likeness (QED) is 0.423. The second-order valence-corrected chi connectivity index (χ2v) is 7.66. The lowest BCUT2D eigenvalue weighted by atomic mass is 9.89. The van der Waals surface area contributed by atoms with E-state index in [-0.39, 0.29) is 26.8 Å². The molecule has 0 radical (unpaired) electrons. The van der Waals surface area contributed by atoms with Gasteiger partial charge in [0.1, 0.15) is 5.02 Å². The molecule has 25 heavy (non-hydrogen) atoms. The highest BCUT2D eigenvalue weighted by atomic mass is 35.5. The molecule has 6 nitrogen and oxygen atoms in total. The molecule has 1 saturated carbocycles. The maximum absolute atomic E-state index is 12.5. The van der Waals surface area contributed by atoms with E-state index in [0.29, 0.717) is 18.0 Å². The molecule has 8 heteroatoms. The van der Waals surface area contributed by atoms with Crippen LogP contribution in [0, 0.1) is 16.0 Å². The molecule has 1 aliphatic carbocycles. The first-order valence-electron chi connectivity index (χ1n) is 8.15. The SMILES string of the molecule is O=C1S/C(=C/c2ccc(Cl)c([N+](=O)[O-])c2)C(=O)N1CC1CCCCC1. The predicted molar refractivity (Wildman–Crippen MR) is 97.4 cm³/mol. The Kier molecular flexibility index (Phi) is 5.44. The zero-order valence-electron chi connectivity index (χ0n) is 13.4. The van der Waals surface area contributed by atoms with E-state index in [9.17, 15) is 19.7 Å². The van der Waals surface area contributed by atoms with Crippen LogP contribution in [0.2, 0.25) is 5.02 Å². The smallest absolute Gasteiger partial charge is 0.268 e. The number of hydrogen-bond acceptors (Lipinski definition) is 5. The van der Waals surface area contributed by atoms with Crippen molar-refractivity contribution in [3.8, 4) is 0 Å². The van der Waals surface area contributed by atoms with E-state index < -0.39 is 4.92 Å². The van der Waals surface area contributed by atoms with Crippen molar-refractivity contribution in [1.82, 2.24) is 4.90 Å². The molecule has 132 valence electrons. The summed E-state index contributed by atoms with van der Waals surface area (Å²) >= 11 is 6.67. The van der Waals surface area contributed by atoms with Gasteiger partial charge < -0.3 is 0 Å². The maximum Gasteiger partial charge on any atom is 0.293 e. The van der Waals surface area contributed by atoms with Crippen LogP contribution in [0.15, 0.2) is 23.1 Å². The number of benzene rings is 1. The summed E-state index contributed by atoms with van der Waals surface area (Å²) in [5.41, 5.74) is 0.246. The number of carbonyl (C=O) groups excluding carboxylic acids is 2. The van der Waals surface area contributed by atoms with Crippen LogP contribution in [0.1, 0.15) is 37.7 Å². The molecule has 1 saturated heterocycles. The van der Waals surface area contributed by atoms with Crippen LogP contribution in [0.3, 0.4) is 0 Å². The summed E-state index contributed by atoms with van der Waals surface area (Å²) in [6.45, 7) is 0.461. The number of rotatable bonds is 4. The van der Waals surface area contributed by atoms with Crippen molar-refractivity contribution in [2.45, 2.75) is 32.1 Å². The third-order valence-corrected chi connectivity index (χ3v) is 5.73. The average molecular weight is 381 g/mol. The van der Waals surface area contributed by atoms with Gasteiger partial charge in [-0.05, 0) is 48.2 Å². The fourth-order valence-corrected chi connectivity index (χ4v) is 4.23. The van der Waals surface area contributed by atoms with Crippen LogP contribution < -0.4 is 0 Å². The molecule has 0 unspecified atom stereocenters. The highest BCUT2D eigenvalue weighted by molar-refractivity contribution is 8.18. The summed E-state index contributed by atoms with van der Waals surface area (Å²) in [5.74, 6) is 0.0522. The van der Waals surface area contributed by atoms with Gasteiger partial charge in [-0.25, -0.2) is 0 Å². The van der Waals surface area contributed by atoms with Gasteiger partial charge in [0.05, 0.1) is 9.83 Å². The van der Waals surface area contributed by atoms with Gasteiger partial charge in [-0.2, -0.15) is 0 Å². The molecule has 0 aromatic heterocycles. The average Bonchev–Trinajstić information content (AvgIpc) is 2.85. The van der Waals surface area contributed by atoms with E-state index in [0.717, 1.165) is 37.4 Å². The van der Waals surface area contributed by atoms with Crippen LogP contribution in [-0.4, -0.2) is 27.5 Å². The van der Waals surface area contributed by atoms with Crippen molar-refractivity contribution in [2.75, 3.05) is 6.54 Å². The Morgan fingerprint density at radius 2 is 2.00 bits per heavy atom. The largest absolute Gasteiger partial charge is 0.293 e. The van der Waals surface area contributed by atoms with Crippen molar-refractivity contribution >= 4 is 46.3 Å². The Morgan fingerprint density at radius 1 is 1.28 bits per heavy atom. The van der Waals surface area contributed by atoms with Gasteiger partial charge in [-0.15, -0.1) is 0 Å². The molecule has 2 aliphatic rings. The van der Waals surface area contributed by atoms with Crippen LogP contribution in [-0.2, 0) is 4.79 Å². The van der Waals surface area contributed by atoms with Crippen LogP contribution in [0.4, 0.5) is 10.5 Å². The van der Waals surface area contributed by atoms with Crippen LogP contribution in [0.25, 0.3) is 6.08 Å². The predicted octanol–water partition coefficient (Wildman–Crippen LogP) is 4.86. The standard InChI is InChI=1S/C17H17ClN2O4S/c18-13-7-6-12(8-14(13)20(23)24)9-15-16(21)19(17(22)25-15)10-11-4-2-1-3-5-11/h6-9,11H,1-5,10H2/b15-9+. The fraction of sp³-hybridized carbons (Fsp3) is 0.412. The van der Waals surface area contributed by atoms with E-state index in [1.165, 1.54) is 29.5 Å². The molecular weight excluding hydrogens is 364 g/mol. The minimum atomic E-state index is -0.575. The fourth-order valence-electron chi connectivity index (χ4n) is 3.20. The van der Waals surface area contributed by atoms with Crippen molar-refractivity contribution in [3.63, 3.8) is 0 Å². The lowest BCUT2D eigenvalue weighted by molar-refractivity contribution is -0.384. The van der Waals surface area contributed by atoms with Gasteiger partial charge in [0, 0.05) is 12.6 Å². The molecule has 1 aromatic rings. The molecule has 0 atom stereocenters. The summed E-state index contributed by atoms with van der Waals surface area (Å²) in [6, 6.07) is 4.31. The Labute approximate surface area is 154 Å². The number of amides is 2. The van der Waals surface area contributed by atoms with Gasteiger partial charge in [0.2, 0.25) is 0 Å². The van der Waals surface area contributed by atoms with E-state index in [2.05, 4.69) is 0 Å². The zero-order valence-corrected chi connectivity index (χ0v) is 15.0. The Hall–Kier alpha value is -1.86. The van der Waals surface area contributed by atoms with Crippen LogP contribution >= 0.6 is 23.4 Å². The Morgan fingerprint density at radius 3 is 2.68 bits per heavy atom. The van der Waals surface area contributed by atoms with Gasteiger partial charge in [-0.3, -0.25) is 24.6 Å². The van der Waals surface area contributed by atoms with Gasteiger partial charge in [-0.1, -0.05) is 36.9 Å². The summed E-state index contributed by atoms with van der Waals surface area (Å²) < 4.78 is 0. The topological polar surface area (TPSA) is 80.5 Å². The number of carbonyl (C=O) groups is 2. The molecule has 0 N–H and O–H groups in total. The van der Waals surface area contributed by atoms with Crippen molar-refractivity contribution in [3.05, 3.63) is 43.8 Å². The molecule has 3 rings (SSSR count). The Bertz CT molecular complexity index is 759. The maximum atomic E-state index is 12.5. The van der Waals surface area contributed by atoms with Crippen molar-refractivity contribution in [2.24, 2.45) is 5.92 Å². The highest BCUT2D eigenvalue weighted by Crippen LogP contribution is 2.35. The number of thioether (sulfide) groups is 1. The van der Waals surface area contributed by atoms with E-state index in [1.807, 2.05) is 0 Å². The third kappa shape index (κ3) is 4.04. The van der Waals surface area contributed by atoms with Crippen molar-refractivity contribution in [1.29, 1.82) is 0 Å². The van der Waals surface area contributed by atoms with Crippen LogP contribution in [0.5, 0.6) is 0 Å². The molecule has 1 aromatic carbocycles. The monoisotopic (exact) mass is 380 g/mol. The first kappa shape index (κ1) is 17.9. The summed E-state index contributed by atoms with van der Waals surface area (Å²) in [4.78, 5) is 36.7. The minimum Gasteiger partial charge on any atom is -0.268 e. The summed E-state index contributed by atoms with van der Waals surface area (Å²) in [5, 5.41) is 10.7. The lowest BCUT2D eigenvalue weighted by Crippen LogP contribution is -2.34. The van der Waals surface area contributed by atoms with Gasteiger partial charge in [0.15, 0.2) is 0 Å². The highest BCUT2D eigenvalue weighted by Gasteiger charge is 2.36. The summed E-state index contributed by atoms with van der Waals surface area (Å²) in [7, 11) is 0. The number of nitrogens with zero attached hydrogens (tertiary/aromatic N) is 2. The molecule has 0 spiro atoms. The molecule has 2 amide bonds. The number of halogens is 1. The first-order chi connectivity index (χ1) is 12.0. The minimum absolute atomic E-state index is 0.0348. The normalized spacial score (nSPS) is 20.5. The van der Waals surface area contributed by atoms with Crippen molar-refractivity contribution < 1.29 is 14.5 Å². The number of imide groups is 1. The van der Waals surface area contributed by atoms with Gasteiger partial charge >= 0.3 is 0 Å². The van der Waals surface area contributed by atoms with E-state index in [1.54, 1.807) is 6.07 Å². The summed E-state index contributed by atoms with van der Waals surface area (Å²) in [6.07, 6.45) is 7.10. The zero-order chi connectivity index (χ0) is 18.0. The molecule has 1 aliphatic heterocycles. The van der Waals surface area contributed by atoms with Gasteiger partial charge in [0.25, 0.3) is 16.8 Å².